The summed E-state index contributed by atoms with van der Waals surface area (Å²) in [4.78, 5) is 12.3. The van der Waals surface area contributed by atoms with Crippen molar-refractivity contribution in [3.63, 3.8) is 0 Å². The molecule has 1 N–H and O–H groups in total. The summed E-state index contributed by atoms with van der Waals surface area (Å²) in [6, 6.07) is 21.1. The van der Waals surface area contributed by atoms with Crippen LogP contribution in [-0.4, -0.2) is 31.2 Å². The van der Waals surface area contributed by atoms with Crippen molar-refractivity contribution in [3.05, 3.63) is 89.7 Å². The van der Waals surface area contributed by atoms with Crippen molar-refractivity contribution in [2.45, 2.75) is 11.7 Å². The highest BCUT2D eigenvalue weighted by Crippen LogP contribution is 2.25. The number of halogens is 1. The Morgan fingerprint density at radius 1 is 0.966 bits per heavy atom. The summed E-state index contributed by atoms with van der Waals surface area (Å²) >= 11 is 7.34. The Labute approximate surface area is 177 Å². The minimum Gasteiger partial charge on any atom is -0.351 e. The molecule has 0 saturated carbocycles. The Bertz CT molecular complexity index is 1080. The summed E-state index contributed by atoms with van der Waals surface area (Å²) in [5, 5.41) is 12.9. The third-order valence-electron chi connectivity index (χ3n) is 4.20. The van der Waals surface area contributed by atoms with Gasteiger partial charge in [-0.1, -0.05) is 53.7 Å². The minimum atomic E-state index is -0.0612. The van der Waals surface area contributed by atoms with Gasteiger partial charge in [-0.2, -0.15) is 0 Å². The highest BCUT2D eigenvalue weighted by molar-refractivity contribution is 7.99. The van der Waals surface area contributed by atoms with Gasteiger partial charge in [-0.25, -0.2) is 4.68 Å². The molecule has 0 unspecified atom stereocenters. The van der Waals surface area contributed by atoms with E-state index in [-0.39, 0.29) is 11.7 Å². The van der Waals surface area contributed by atoms with Crippen LogP contribution in [0.5, 0.6) is 0 Å². The number of carbonyl (C=O) groups is 1. The lowest BCUT2D eigenvalue weighted by Gasteiger charge is -2.11. The fourth-order valence-corrected chi connectivity index (χ4v) is 3.67. The van der Waals surface area contributed by atoms with E-state index < -0.39 is 0 Å². The maximum Gasteiger partial charge on any atom is 0.230 e. The van der Waals surface area contributed by atoms with Crippen LogP contribution in [0.25, 0.3) is 11.4 Å². The third kappa shape index (κ3) is 4.70. The van der Waals surface area contributed by atoms with Crippen LogP contribution in [0.15, 0.2) is 84.3 Å². The van der Waals surface area contributed by atoms with Crippen LogP contribution in [0.2, 0.25) is 5.02 Å². The van der Waals surface area contributed by atoms with Gasteiger partial charge in [0.2, 0.25) is 11.1 Å². The van der Waals surface area contributed by atoms with E-state index in [2.05, 4.69) is 15.5 Å². The summed E-state index contributed by atoms with van der Waals surface area (Å²) in [6.07, 6.45) is 3.81. The van der Waals surface area contributed by atoms with Gasteiger partial charge in [-0.05, 0) is 42.0 Å². The molecule has 8 heteroatoms. The topological polar surface area (TPSA) is 64.7 Å². The first-order chi connectivity index (χ1) is 14.2. The van der Waals surface area contributed by atoms with Gasteiger partial charge in [-0.15, -0.1) is 10.2 Å². The molecule has 1 amide bonds. The highest BCUT2D eigenvalue weighted by Gasteiger charge is 2.17. The molecule has 0 radical (unpaired) electrons. The van der Waals surface area contributed by atoms with Crippen molar-refractivity contribution >= 4 is 29.3 Å². The second-order valence-electron chi connectivity index (χ2n) is 6.24. The molecule has 146 valence electrons. The standard InChI is InChI=1S/C21H18ClN5OS/c22-18-10-8-17(9-11-18)20-24-25-21(27(20)26-12-4-5-13-26)29-15-19(28)23-14-16-6-2-1-3-7-16/h1-13H,14-15H2,(H,23,28). The van der Waals surface area contributed by atoms with E-state index >= 15 is 0 Å². The molecule has 0 spiro atoms. The number of aromatic nitrogens is 4. The third-order valence-corrected chi connectivity index (χ3v) is 5.37. The average molecular weight is 424 g/mol. The predicted molar refractivity (Wildman–Crippen MR) is 115 cm³/mol. The molecular weight excluding hydrogens is 406 g/mol. The fraction of sp³-hybridized carbons (Fsp3) is 0.0952. The van der Waals surface area contributed by atoms with Gasteiger partial charge < -0.3 is 5.32 Å². The van der Waals surface area contributed by atoms with Crippen molar-refractivity contribution in [1.29, 1.82) is 0 Å². The summed E-state index contributed by atoms with van der Waals surface area (Å²) in [5.74, 6) is 0.853. The zero-order valence-corrected chi connectivity index (χ0v) is 17.0. The number of hydrogen-bond donors (Lipinski definition) is 1. The Hall–Kier alpha value is -3.03. The van der Waals surface area contributed by atoms with Crippen LogP contribution >= 0.6 is 23.4 Å². The molecule has 0 bridgehead atoms. The zero-order valence-electron chi connectivity index (χ0n) is 15.4. The van der Waals surface area contributed by atoms with E-state index in [1.54, 1.807) is 0 Å². The van der Waals surface area contributed by atoms with E-state index in [4.69, 9.17) is 11.6 Å². The SMILES string of the molecule is O=C(CSc1nnc(-c2ccc(Cl)cc2)n1-n1cccc1)NCc1ccccc1. The number of nitrogens with one attached hydrogen (secondary N) is 1. The zero-order chi connectivity index (χ0) is 20.1. The molecule has 0 aliphatic rings. The fourth-order valence-electron chi connectivity index (χ4n) is 2.78. The lowest BCUT2D eigenvalue weighted by molar-refractivity contribution is -0.118. The van der Waals surface area contributed by atoms with Gasteiger partial charge in [0.1, 0.15) is 0 Å². The first-order valence-electron chi connectivity index (χ1n) is 8.99. The van der Waals surface area contributed by atoms with Crippen LogP contribution in [0.4, 0.5) is 0 Å². The molecule has 0 saturated heterocycles. The smallest absolute Gasteiger partial charge is 0.230 e. The molecule has 0 aliphatic heterocycles. The number of benzene rings is 2. The summed E-state index contributed by atoms with van der Waals surface area (Å²) < 4.78 is 3.76. The number of hydrogen-bond acceptors (Lipinski definition) is 4. The molecule has 29 heavy (non-hydrogen) atoms. The minimum absolute atomic E-state index is 0.0612. The molecule has 2 aromatic carbocycles. The Morgan fingerprint density at radius 3 is 2.41 bits per heavy atom. The van der Waals surface area contributed by atoms with Crippen LogP contribution < -0.4 is 5.32 Å². The molecule has 0 atom stereocenters. The van der Waals surface area contributed by atoms with Gasteiger partial charge in [0.25, 0.3) is 0 Å². The molecule has 0 aliphatic carbocycles. The molecule has 2 aromatic heterocycles. The van der Waals surface area contributed by atoms with E-state index in [9.17, 15) is 4.79 Å². The number of nitrogens with zero attached hydrogens (tertiary/aromatic N) is 4. The second-order valence-corrected chi connectivity index (χ2v) is 7.62. The number of amides is 1. The van der Waals surface area contributed by atoms with Crippen molar-refractivity contribution in [2.24, 2.45) is 0 Å². The van der Waals surface area contributed by atoms with Crippen molar-refractivity contribution in [3.8, 4) is 11.4 Å². The van der Waals surface area contributed by atoms with E-state index in [1.807, 2.05) is 88.5 Å². The largest absolute Gasteiger partial charge is 0.351 e. The lowest BCUT2D eigenvalue weighted by atomic mass is 10.2. The summed E-state index contributed by atoms with van der Waals surface area (Å²) in [7, 11) is 0. The number of carbonyl (C=O) groups excluding carboxylic acids is 1. The van der Waals surface area contributed by atoms with E-state index in [0.29, 0.717) is 22.5 Å². The van der Waals surface area contributed by atoms with Crippen LogP contribution in [0.1, 0.15) is 5.56 Å². The Kier molecular flexibility index (Phi) is 5.97. The first-order valence-corrected chi connectivity index (χ1v) is 10.4. The molecule has 2 heterocycles. The van der Waals surface area contributed by atoms with Gasteiger partial charge in [0.15, 0.2) is 5.82 Å². The normalized spacial score (nSPS) is 10.8. The molecule has 0 fully saturated rings. The summed E-state index contributed by atoms with van der Waals surface area (Å²) in [6.45, 7) is 0.501. The van der Waals surface area contributed by atoms with Crippen molar-refractivity contribution < 1.29 is 4.79 Å². The molecular formula is C21H18ClN5OS. The second kappa shape index (κ2) is 8.98. The van der Waals surface area contributed by atoms with Gasteiger partial charge in [0.05, 0.1) is 5.75 Å². The van der Waals surface area contributed by atoms with Crippen molar-refractivity contribution in [1.82, 2.24) is 24.9 Å². The number of thioether (sulfide) groups is 1. The molecule has 4 rings (SSSR count). The van der Waals surface area contributed by atoms with Gasteiger partial charge >= 0.3 is 0 Å². The van der Waals surface area contributed by atoms with Crippen molar-refractivity contribution in [2.75, 3.05) is 5.75 Å². The monoisotopic (exact) mass is 423 g/mol. The maximum atomic E-state index is 12.3. The number of rotatable bonds is 7. The average Bonchev–Trinajstić information content (AvgIpc) is 3.41. The van der Waals surface area contributed by atoms with Crippen LogP contribution in [0, 0.1) is 0 Å². The van der Waals surface area contributed by atoms with Gasteiger partial charge in [0, 0.05) is 29.5 Å². The lowest BCUT2D eigenvalue weighted by Crippen LogP contribution is -2.24. The van der Waals surface area contributed by atoms with Crippen LogP contribution in [0.3, 0.4) is 0 Å². The highest BCUT2D eigenvalue weighted by atomic mass is 35.5. The maximum absolute atomic E-state index is 12.3. The van der Waals surface area contributed by atoms with E-state index in [0.717, 1.165) is 11.1 Å². The Balaban J connectivity index is 1.50. The Morgan fingerprint density at radius 2 is 1.69 bits per heavy atom. The van der Waals surface area contributed by atoms with Gasteiger partial charge in [-0.3, -0.25) is 9.47 Å². The quantitative estimate of drug-likeness (QED) is 0.454. The van der Waals surface area contributed by atoms with E-state index in [1.165, 1.54) is 11.8 Å². The molecule has 4 aromatic rings. The molecule has 6 nitrogen and oxygen atoms in total. The predicted octanol–water partition coefficient (Wildman–Crippen LogP) is 4.12. The van der Waals surface area contributed by atoms with Crippen LogP contribution in [-0.2, 0) is 11.3 Å². The first kappa shape index (κ1) is 19.3. The summed E-state index contributed by atoms with van der Waals surface area (Å²) in [5.41, 5.74) is 1.95.